The maximum atomic E-state index is 13.4. The summed E-state index contributed by atoms with van der Waals surface area (Å²) in [5.41, 5.74) is 2.15. The van der Waals surface area contributed by atoms with Gasteiger partial charge in [0.1, 0.15) is 0 Å². The molecule has 3 rings (SSSR count). The molecule has 25 heavy (non-hydrogen) atoms. The Morgan fingerprint density at radius 1 is 1.32 bits per heavy atom. The van der Waals surface area contributed by atoms with Crippen LogP contribution in [0.2, 0.25) is 5.15 Å². The quantitative estimate of drug-likeness (QED) is 0.833. The van der Waals surface area contributed by atoms with Crippen molar-refractivity contribution in [3.63, 3.8) is 0 Å². The zero-order valence-electron chi connectivity index (χ0n) is 13.2. The summed E-state index contributed by atoms with van der Waals surface area (Å²) in [7, 11) is 0. The predicted octanol–water partition coefficient (Wildman–Crippen LogP) is 2.95. The van der Waals surface area contributed by atoms with Crippen LogP contribution >= 0.6 is 11.6 Å². The van der Waals surface area contributed by atoms with Crippen molar-refractivity contribution >= 4 is 17.3 Å². The number of aromatic nitrogens is 2. The normalized spacial score (nSPS) is 12.6. The van der Waals surface area contributed by atoms with Gasteiger partial charge in [0.05, 0.1) is 18.7 Å². The van der Waals surface area contributed by atoms with Crippen molar-refractivity contribution in [3.8, 4) is 12.3 Å². The van der Waals surface area contributed by atoms with E-state index in [1.807, 2.05) is 0 Å². The molecular formula is C18H14ClF2N3O. The highest BCUT2D eigenvalue weighted by atomic mass is 35.5. The Morgan fingerprint density at radius 2 is 2.08 bits per heavy atom. The van der Waals surface area contributed by atoms with Gasteiger partial charge in [-0.15, -0.1) is 6.42 Å². The van der Waals surface area contributed by atoms with E-state index in [4.69, 9.17) is 18.0 Å². The summed E-state index contributed by atoms with van der Waals surface area (Å²) in [5, 5.41) is 7.17. The van der Waals surface area contributed by atoms with Crippen LogP contribution in [0, 0.1) is 24.0 Å². The first-order valence-electron chi connectivity index (χ1n) is 7.61. The SMILES string of the molecule is C#CCNC(=C1CC1)c1cc(Cl)nn(Cc2ccc(F)c(F)c2)c1=O. The molecule has 0 bridgehead atoms. The molecule has 1 saturated carbocycles. The van der Waals surface area contributed by atoms with E-state index in [-0.39, 0.29) is 23.8 Å². The molecule has 0 amide bonds. The maximum absolute atomic E-state index is 13.4. The highest BCUT2D eigenvalue weighted by Gasteiger charge is 2.22. The van der Waals surface area contributed by atoms with Gasteiger partial charge in [0.2, 0.25) is 0 Å². The zero-order valence-corrected chi connectivity index (χ0v) is 13.9. The number of rotatable bonds is 5. The fourth-order valence-electron chi connectivity index (χ4n) is 2.47. The van der Waals surface area contributed by atoms with Crippen LogP contribution in [0.4, 0.5) is 8.78 Å². The minimum atomic E-state index is -0.982. The summed E-state index contributed by atoms with van der Waals surface area (Å²) < 4.78 is 27.6. The number of halogens is 3. The lowest BCUT2D eigenvalue weighted by Crippen LogP contribution is -2.29. The van der Waals surface area contributed by atoms with Gasteiger partial charge in [-0.05, 0) is 42.2 Å². The third-order valence-corrected chi connectivity index (χ3v) is 3.94. The van der Waals surface area contributed by atoms with Crippen LogP contribution in [0.15, 0.2) is 34.6 Å². The van der Waals surface area contributed by atoms with Gasteiger partial charge in [-0.2, -0.15) is 5.10 Å². The average molecular weight is 362 g/mol. The molecule has 0 aliphatic heterocycles. The number of benzene rings is 1. The van der Waals surface area contributed by atoms with Crippen LogP contribution in [-0.4, -0.2) is 16.3 Å². The van der Waals surface area contributed by atoms with Gasteiger partial charge in [-0.3, -0.25) is 4.79 Å². The molecular weight excluding hydrogens is 348 g/mol. The van der Waals surface area contributed by atoms with Crippen LogP contribution in [0.3, 0.4) is 0 Å². The Morgan fingerprint density at radius 3 is 2.72 bits per heavy atom. The van der Waals surface area contributed by atoms with Crippen LogP contribution in [0.5, 0.6) is 0 Å². The largest absolute Gasteiger partial charge is 0.374 e. The molecule has 1 heterocycles. The first-order chi connectivity index (χ1) is 12.0. The molecule has 1 aliphatic carbocycles. The van der Waals surface area contributed by atoms with E-state index in [2.05, 4.69) is 16.3 Å². The minimum absolute atomic E-state index is 0.0264. The molecule has 0 atom stereocenters. The standard InChI is InChI=1S/C18H14ClF2N3O/c1-2-7-22-17(12-4-5-12)13-9-16(19)23-24(18(13)25)10-11-3-6-14(20)15(21)8-11/h1,3,6,8-9,22H,4-5,7,10H2. The van der Waals surface area contributed by atoms with Gasteiger partial charge < -0.3 is 5.32 Å². The van der Waals surface area contributed by atoms with Crippen molar-refractivity contribution in [3.05, 3.63) is 68.1 Å². The number of hydrogen-bond donors (Lipinski definition) is 1. The van der Waals surface area contributed by atoms with Crippen LogP contribution in [-0.2, 0) is 6.54 Å². The lowest BCUT2D eigenvalue weighted by Gasteiger charge is -2.12. The molecule has 1 aromatic carbocycles. The second kappa shape index (κ2) is 7.08. The Bertz CT molecular complexity index is 954. The molecule has 7 heteroatoms. The number of hydrogen-bond acceptors (Lipinski definition) is 3. The van der Waals surface area contributed by atoms with E-state index in [9.17, 15) is 13.6 Å². The van der Waals surface area contributed by atoms with Crippen molar-refractivity contribution in [1.29, 1.82) is 0 Å². The monoisotopic (exact) mass is 361 g/mol. The Hall–Kier alpha value is -2.65. The third kappa shape index (κ3) is 3.89. The van der Waals surface area contributed by atoms with E-state index in [1.54, 1.807) is 0 Å². The Kier molecular flexibility index (Phi) is 4.86. The maximum Gasteiger partial charge on any atom is 0.276 e. The van der Waals surface area contributed by atoms with Crippen molar-refractivity contribution in [2.24, 2.45) is 0 Å². The molecule has 0 radical (unpaired) electrons. The molecule has 1 fully saturated rings. The lowest BCUT2D eigenvalue weighted by atomic mass is 10.2. The van der Waals surface area contributed by atoms with Crippen molar-refractivity contribution in [1.82, 2.24) is 15.1 Å². The second-order valence-corrected chi connectivity index (χ2v) is 6.02. The highest BCUT2D eigenvalue weighted by molar-refractivity contribution is 6.29. The number of terminal acetylenes is 1. The van der Waals surface area contributed by atoms with Gasteiger partial charge in [0.25, 0.3) is 5.56 Å². The molecule has 128 valence electrons. The van der Waals surface area contributed by atoms with Crippen LogP contribution in [0.1, 0.15) is 24.0 Å². The van der Waals surface area contributed by atoms with Crippen molar-refractivity contribution in [2.45, 2.75) is 19.4 Å². The molecule has 0 unspecified atom stereocenters. The summed E-state index contributed by atoms with van der Waals surface area (Å²) >= 11 is 6.05. The average Bonchev–Trinajstić information content (AvgIpc) is 3.40. The van der Waals surface area contributed by atoms with E-state index in [0.29, 0.717) is 16.8 Å². The van der Waals surface area contributed by atoms with E-state index < -0.39 is 11.6 Å². The molecule has 1 aromatic heterocycles. The van der Waals surface area contributed by atoms with Crippen LogP contribution in [0.25, 0.3) is 5.70 Å². The summed E-state index contributed by atoms with van der Waals surface area (Å²) in [6, 6.07) is 4.91. The van der Waals surface area contributed by atoms with E-state index >= 15 is 0 Å². The molecule has 0 saturated heterocycles. The Balaban J connectivity index is 2.00. The molecule has 1 aliphatic rings. The Labute approximate surface area is 148 Å². The summed E-state index contributed by atoms with van der Waals surface area (Å²) in [6.45, 7) is 0.253. The number of nitrogens with one attached hydrogen (secondary N) is 1. The predicted molar refractivity (Wildman–Crippen MR) is 92.0 cm³/mol. The fraction of sp³-hybridized carbons (Fsp3) is 0.222. The topological polar surface area (TPSA) is 46.9 Å². The molecule has 4 nitrogen and oxygen atoms in total. The molecule has 0 spiro atoms. The smallest absolute Gasteiger partial charge is 0.276 e. The van der Waals surface area contributed by atoms with E-state index in [1.165, 1.54) is 12.1 Å². The highest BCUT2D eigenvalue weighted by Crippen LogP contribution is 2.34. The first kappa shape index (κ1) is 17.2. The molecule has 2 aromatic rings. The lowest BCUT2D eigenvalue weighted by molar-refractivity contribution is 0.505. The third-order valence-electron chi connectivity index (χ3n) is 3.75. The first-order valence-corrected chi connectivity index (χ1v) is 7.98. The minimum Gasteiger partial charge on any atom is -0.374 e. The summed E-state index contributed by atoms with van der Waals surface area (Å²) in [4.78, 5) is 12.8. The van der Waals surface area contributed by atoms with Gasteiger partial charge in [0, 0.05) is 5.70 Å². The summed E-state index contributed by atoms with van der Waals surface area (Å²) in [6.07, 6.45) is 7.05. The number of allylic oxidation sites excluding steroid dienone is 1. The van der Waals surface area contributed by atoms with Gasteiger partial charge in [0.15, 0.2) is 16.8 Å². The zero-order chi connectivity index (χ0) is 18.0. The van der Waals surface area contributed by atoms with Gasteiger partial charge >= 0.3 is 0 Å². The van der Waals surface area contributed by atoms with Gasteiger partial charge in [-0.25, -0.2) is 13.5 Å². The van der Waals surface area contributed by atoms with Gasteiger partial charge in [-0.1, -0.05) is 23.6 Å². The summed E-state index contributed by atoms with van der Waals surface area (Å²) in [5.74, 6) is 0.540. The molecule has 1 N–H and O–H groups in total. The second-order valence-electron chi connectivity index (χ2n) is 5.63. The van der Waals surface area contributed by atoms with Crippen molar-refractivity contribution < 1.29 is 8.78 Å². The van der Waals surface area contributed by atoms with Crippen molar-refractivity contribution in [2.75, 3.05) is 6.54 Å². The number of nitrogens with zero attached hydrogens (tertiary/aromatic N) is 2. The van der Waals surface area contributed by atoms with Crippen LogP contribution < -0.4 is 10.9 Å². The fourth-order valence-corrected chi connectivity index (χ4v) is 2.67. The van der Waals surface area contributed by atoms with E-state index in [0.717, 1.165) is 35.2 Å².